The monoisotopic (exact) mass is 242 g/mol. The molecule has 0 aromatic rings. The van der Waals surface area contributed by atoms with E-state index in [4.69, 9.17) is 9.47 Å². The maximum Gasteiger partial charge on any atom is 0.253 e. The molecule has 0 aliphatic carbocycles. The van der Waals surface area contributed by atoms with Crippen LogP contribution in [0.25, 0.3) is 0 Å². The lowest BCUT2D eigenvalue weighted by atomic mass is 9.98. The van der Waals surface area contributed by atoms with Gasteiger partial charge in [0.1, 0.15) is 6.10 Å². The summed E-state index contributed by atoms with van der Waals surface area (Å²) >= 11 is 0. The maximum atomic E-state index is 12.2. The summed E-state index contributed by atoms with van der Waals surface area (Å²) < 4.78 is 10.7. The molecule has 2 fully saturated rings. The van der Waals surface area contributed by atoms with Gasteiger partial charge in [-0.15, -0.1) is 0 Å². The average Bonchev–Trinajstić information content (AvgIpc) is 2.40. The van der Waals surface area contributed by atoms with Crippen molar-refractivity contribution in [1.82, 2.24) is 10.2 Å². The fourth-order valence-electron chi connectivity index (χ4n) is 2.56. The van der Waals surface area contributed by atoms with E-state index in [1.807, 2.05) is 4.90 Å². The Bertz CT molecular complexity index is 252. The zero-order chi connectivity index (χ0) is 12.1. The lowest BCUT2D eigenvalue weighted by molar-refractivity contribution is -0.147. The summed E-state index contributed by atoms with van der Waals surface area (Å²) in [5.41, 5.74) is 0. The number of methoxy groups -OCH3 is 1. The molecular weight excluding hydrogens is 220 g/mol. The van der Waals surface area contributed by atoms with Crippen molar-refractivity contribution in [3.05, 3.63) is 0 Å². The van der Waals surface area contributed by atoms with Gasteiger partial charge in [0.2, 0.25) is 0 Å². The van der Waals surface area contributed by atoms with Crippen LogP contribution in [-0.2, 0) is 14.3 Å². The van der Waals surface area contributed by atoms with Crippen LogP contribution in [0.2, 0.25) is 0 Å². The van der Waals surface area contributed by atoms with E-state index in [-0.39, 0.29) is 12.0 Å². The van der Waals surface area contributed by atoms with Crippen LogP contribution in [0.15, 0.2) is 0 Å². The van der Waals surface area contributed by atoms with Crippen molar-refractivity contribution in [3.63, 3.8) is 0 Å². The second-order valence-corrected chi connectivity index (χ2v) is 4.81. The Morgan fingerprint density at radius 2 is 2.47 bits per heavy atom. The highest BCUT2D eigenvalue weighted by Gasteiger charge is 2.30. The summed E-state index contributed by atoms with van der Waals surface area (Å²) in [7, 11) is 1.72. The van der Waals surface area contributed by atoms with E-state index < -0.39 is 0 Å². The van der Waals surface area contributed by atoms with Gasteiger partial charge in [-0.25, -0.2) is 0 Å². The molecule has 2 aliphatic heterocycles. The van der Waals surface area contributed by atoms with Gasteiger partial charge in [-0.1, -0.05) is 0 Å². The Morgan fingerprint density at radius 3 is 3.18 bits per heavy atom. The molecule has 2 heterocycles. The first-order valence-corrected chi connectivity index (χ1v) is 6.41. The van der Waals surface area contributed by atoms with Crippen molar-refractivity contribution >= 4 is 5.91 Å². The molecule has 17 heavy (non-hydrogen) atoms. The van der Waals surface area contributed by atoms with Crippen molar-refractivity contribution in [1.29, 1.82) is 0 Å². The molecule has 2 saturated heterocycles. The zero-order valence-electron chi connectivity index (χ0n) is 10.5. The molecule has 0 unspecified atom stereocenters. The molecule has 0 radical (unpaired) electrons. The second kappa shape index (κ2) is 6.33. The largest absolute Gasteiger partial charge is 0.384 e. The summed E-state index contributed by atoms with van der Waals surface area (Å²) in [5, 5.41) is 3.19. The molecule has 1 N–H and O–H groups in total. The van der Waals surface area contributed by atoms with E-state index in [2.05, 4.69) is 5.32 Å². The van der Waals surface area contributed by atoms with E-state index in [1.54, 1.807) is 7.11 Å². The molecule has 0 aromatic heterocycles. The Hall–Kier alpha value is -0.650. The quantitative estimate of drug-likeness (QED) is 0.748. The van der Waals surface area contributed by atoms with E-state index in [0.29, 0.717) is 19.1 Å². The molecular formula is C12H22N2O3. The topological polar surface area (TPSA) is 50.8 Å². The third-order valence-corrected chi connectivity index (χ3v) is 3.44. The molecule has 1 amide bonds. The summed E-state index contributed by atoms with van der Waals surface area (Å²) in [6, 6.07) is 0. The van der Waals surface area contributed by atoms with Crippen molar-refractivity contribution < 1.29 is 14.3 Å². The smallest absolute Gasteiger partial charge is 0.253 e. The predicted octanol–water partition coefficient (Wildman–Crippen LogP) is -0.140. The zero-order valence-corrected chi connectivity index (χ0v) is 10.5. The Morgan fingerprint density at radius 1 is 1.59 bits per heavy atom. The standard InChI is InChI=1S/C12H22N2O3/c1-16-9-10-3-2-5-14(8-10)12(15)11-7-13-4-6-17-11/h10-11,13H,2-9H2,1H3/t10-,11-/m0/s1. The summed E-state index contributed by atoms with van der Waals surface area (Å²) in [6.45, 7) is 4.53. The molecule has 0 spiro atoms. The number of ether oxygens (including phenoxy) is 2. The van der Waals surface area contributed by atoms with Crippen LogP contribution in [0.3, 0.4) is 0 Å². The van der Waals surface area contributed by atoms with Crippen LogP contribution >= 0.6 is 0 Å². The SMILES string of the molecule is COC[C@H]1CCCN(C(=O)[C@@H]2CNCCO2)C1. The van der Waals surface area contributed by atoms with E-state index in [0.717, 1.165) is 39.1 Å². The molecule has 5 nitrogen and oxygen atoms in total. The Kier molecular flexibility index (Phi) is 4.76. The van der Waals surface area contributed by atoms with E-state index >= 15 is 0 Å². The number of likely N-dealkylation sites (tertiary alicyclic amines) is 1. The number of rotatable bonds is 3. The van der Waals surface area contributed by atoms with Gasteiger partial charge in [-0.3, -0.25) is 4.79 Å². The van der Waals surface area contributed by atoms with Gasteiger partial charge in [-0.2, -0.15) is 0 Å². The van der Waals surface area contributed by atoms with Crippen molar-refractivity contribution in [2.45, 2.75) is 18.9 Å². The number of amides is 1. The number of carbonyl (C=O) groups excluding carboxylic acids is 1. The maximum absolute atomic E-state index is 12.2. The summed E-state index contributed by atoms with van der Waals surface area (Å²) in [6.07, 6.45) is 1.94. The molecule has 5 heteroatoms. The molecule has 0 saturated carbocycles. The number of morpholine rings is 1. The van der Waals surface area contributed by atoms with Gasteiger partial charge in [0.25, 0.3) is 5.91 Å². The minimum atomic E-state index is -0.287. The van der Waals surface area contributed by atoms with Crippen LogP contribution in [0.4, 0.5) is 0 Å². The summed E-state index contributed by atoms with van der Waals surface area (Å²) in [5.74, 6) is 0.618. The van der Waals surface area contributed by atoms with Gasteiger partial charge in [0.15, 0.2) is 0 Å². The van der Waals surface area contributed by atoms with Crippen LogP contribution in [0.5, 0.6) is 0 Å². The number of carbonyl (C=O) groups is 1. The van der Waals surface area contributed by atoms with Gasteiger partial charge in [0.05, 0.1) is 13.2 Å². The third-order valence-electron chi connectivity index (χ3n) is 3.44. The lowest BCUT2D eigenvalue weighted by Gasteiger charge is -2.35. The van der Waals surface area contributed by atoms with Crippen LogP contribution < -0.4 is 5.32 Å². The van der Waals surface area contributed by atoms with Crippen LogP contribution in [0, 0.1) is 5.92 Å². The van der Waals surface area contributed by atoms with E-state index in [1.165, 1.54) is 0 Å². The molecule has 2 aliphatic rings. The summed E-state index contributed by atoms with van der Waals surface area (Å²) in [4.78, 5) is 14.2. The van der Waals surface area contributed by atoms with Gasteiger partial charge in [0, 0.05) is 33.3 Å². The molecule has 2 atom stereocenters. The fraction of sp³-hybridized carbons (Fsp3) is 0.917. The molecule has 0 aromatic carbocycles. The normalized spacial score (nSPS) is 30.3. The van der Waals surface area contributed by atoms with E-state index in [9.17, 15) is 4.79 Å². The van der Waals surface area contributed by atoms with Crippen LogP contribution in [-0.4, -0.2) is 63.4 Å². The first-order valence-electron chi connectivity index (χ1n) is 6.41. The highest BCUT2D eigenvalue weighted by atomic mass is 16.5. The molecule has 0 bridgehead atoms. The van der Waals surface area contributed by atoms with Gasteiger partial charge in [-0.05, 0) is 18.8 Å². The minimum Gasteiger partial charge on any atom is -0.384 e. The number of nitrogens with zero attached hydrogens (tertiary/aromatic N) is 1. The second-order valence-electron chi connectivity index (χ2n) is 4.81. The number of hydrogen-bond acceptors (Lipinski definition) is 4. The first kappa shape index (κ1) is 12.8. The third kappa shape index (κ3) is 3.40. The average molecular weight is 242 g/mol. The van der Waals surface area contributed by atoms with Crippen molar-refractivity contribution in [2.75, 3.05) is 46.5 Å². The Balaban J connectivity index is 1.85. The predicted molar refractivity (Wildman–Crippen MR) is 63.8 cm³/mol. The fourth-order valence-corrected chi connectivity index (χ4v) is 2.56. The van der Waals surface area contributed by atoms with Crippen molar-refractivity contribution in [2.24, 2.45) is 5.92 Å². The minimum absolute atomic E-state index is 0.137. The van der Waals surface area contributed by atoms with Gasteiger partial charge < -0.3 is 19.7 Å². The highest BCUT2D eigenvalue weighted by Crippen LogP contribution is 2.18. The molecule has 2 rings (SSSR count). The lowest BCUT2D eigenvalue weighted by Crippen LogP contribution is -2.52. The highest BCUT2D eigenvalue weighted by molar-refractivity contribution is 5.81. The number of hydrogen-bond donors (Lipinski definition) is 1. The number of piperidine rings is 1. The first-order chi connectivity index (χ1) is 8.31. The number of nitrogens with one attached hydrogen (secondary N) is 1. The van der Waals surface area contributed by atoms with Gasteiger partial charge >= 0.3 is 0 Å². The van der Waals surface area contributed by atoms with Crippen molar-refractivity contribution in [3.8, 4) is 0 Å². The molecule has 98 valence electrons. The Labute approximate surface area is 102 Å². The van der Waals surface area contributed by atoms with Crippen LogP contribution in [0.1, 0.15) is 12.8 Å².